The number of esters is 1. The fourth-order valence-corrected chi connectivity index (χ4v) is 6.79. The largest absolute Gasteiger partial charge is 0.467 e. The number of nitrogens with one attached hydrogen (secondary N) is 1. The standard InChI is InChI=1S/C17H26BrNO3/c1-10(2)13(14(20)22-3)19-15(21)16-5-11-4-12(6-16)8-17(18,7-11)9-16/h10-13H,4-9H2,1-3H3,(H,19,21)/t11-,12-,13-,16?,17?/m1/s1. The Morgan fingerprint density at radius 1 is 1.18 bits per heavy atom. The van der Waals surface area contributed by atoms with Crippen LogP contribution in [0.3, 0.4) is 0 Å². The summed E-state index contributed by atoms with van der Waals surface area (Å²) in [5.74, 6) is 1.06. The van der Waals surface area contributed by atoms with Crippen molar-refractivity contribution >= 4 is 27.8 Å². The molecule has 4 fully saturated rings. The summed E-state index contributed by atoms with van der Waals surface area (Å²) in [6.45, 7) is 3.88. The molecule has 4 bridgehead atoms. The molecule has 0 aromatic carbocycles. The summed E-state index contributed by atoms with van der Waals surface area (Å²) in [7, 11) is 1.38. The molecule has 0 heterocycles. The molecule has 0 saturated heterocycles. The van der Waals surface area contributed by atoms with E-state index in [0.29, 0.717) is 11.8 Å². The van der Waals surface area contributed by atoms with Gasteiger partial charge in [0.25, 0.3) is 0 Å². The first-order valence-corrected chi connectivity index (χ1v) is 9.14. The minimum Gasteiger partial charge on any atom is -0.467 e. The van der Waals surface area contributed by atoms with Crippen LogP contribution in [0.4, 0.5) is 0 Å². The van der Waals surface area contributed by atoms with Gasteiger partial charge in [0.2, 0.25) is 5.91 Å². The molecule has 4 aliphatic rings. The number of ether oxygens (including phenoxy) is 1. The third kappa shape index (κ3) is 2.70. The van der Waals surface area contributed by atoms with E-state index in [2.05, 4.69) is 21.2 Å². The van der Waals surface area contributed by atoms with Crippen molar-refractivity contribution < 1.29 is 14.3 Å². The minimum absolute atomic E-state index is 0.0308. The lowest BCUT2D eigenvalue weighted by molar-refractivity contribution is -0.152. The molecule has 1 amide bonds. The first kappa shape index (κ1) is 16.3. The van der Waals surface area contributed by atoms with E-state index in [-0.39, 0.29) is 27.5 Å². The molecule has 4 saturated carbocycles. The van der Waals surface area contributed by atoms with Crippen LogP contribution in [0.2, 0.25) is 0 Å². The molecule has 0 radical (unpaired) electrons. The number of methoxy groups -OCH3 is 1. The van der Waals surface area contributed by atoms with Crippen molar-refractivity contribution in [3.63, 3.8) is 0 Å². The van der Waals surface area contributed by atoms with Crippen molar-refractivity contribution in [3.8, 4) is 0 Å². The number of hydrogen-bond acceptors (Lipinski definition) is 3. The average Bonchev–Trinajstić information content (AvgIpc) is 2.40. The highest BCUT2D eigenvalue weighted by Crippen LogP contribution is 2.64. The zero-order valence-electron chi connectivity index (χ0n) is 13.7. The summed E-state index contributed by atoms with van der Waals surface area (Å²) in [6.07, 6.45) is 6.54. The number of carbonyl (C=O) groups is 2. The predicted octanol–water partition coefficient (Wildman–Crippen LogP) is 3.03. The first-order valence-electron chi connectivity index (χ1n) is 8.35. The summed E-state index contributed by atoms with van der Waals surface area (Å²) in [4.78, 5) is 25.0. The van der Waals surface area contributed by atoms with Crippen LogP contribution in [0.1, 0.15) is 52.4 Å². The molecule has 1 N–H and O–H groups in total. The maximum absolute atomic E-state index is 13.0. The summed E-state index contributed by atoms with van der Waals surface area (Å²) >= 11 is 3.93. The Morgan fingerprint density at radius 3 is 2.23 bits per heavy atom. The zero-order valence-corrected chi connectivity index (χ0v) is 15.2. The molecule has 0 aliphatic heterocycles. The molecular formula is C17H26BrNO3. The van der Waals surface area contributed by atoms with Crippen molar-refractivity contribution in [2.45, 2.75) is 62.7 Å². The maximum Gasteiger partial charge on any atom is 0.328 e. The first-order chi connectivity index (χ1) is 10.3. The molecule has 4 nitrogen and oxygen atoms in total. The number of halogens is 1. The smallest absolute Gasteiger partial charge is 0.328 e. The van der Waals surface area contributed by atoms with Gasteiger partial charge in [-0.05, 0) is 56.3 Å². The van der Waals surface area contributed by atoms with Crippen LogP contribution >= 0.6 is 15.9 Å². The topological polar surface area (TPSA) is 55.4 Å². The van der Waals surface area contributed by atoms with Crippen LogP contribution < -0.4 is 5.32 Å². The Labute approximate surface area is 140 Å². The number of hydrogen-bond donors (Lipinski definition) is 1. The average molecular weight is 372 g/mol. The van der Waals surface area contributed by atoms with E-state index in [9.17, 15) is 9.59 Å². The highest BCUT2D eigenvalue weighted by molar-refractivity contribution is 9.10. The van der Waals surface area contributed by atoms with E-state index in [4.69, 9.17) is 4.74 Å². The summed E-state index contributed by atoms with van der Waals surface area (Å²) in [5, 5.41) is 3.01. The van der Waals surface area contributed by atoms with Gasteiger partial charge in [-0.15, -0.1) is 0 Å². The third-order valence-electron chi connectivity index (χ3n) is 5.88. The fourth-order valence-electron chi connectivity index (χ4n) is 5.34. The van der Waals surface area contributed by atoms with E-state index in [1.807, 2.05) is 13.8 Å². The number of amides is 1. The summed E-state index contributed by atoms with van der Waals surface area (Å²) in [6, 6.07) is -0.545. The maximum atomic E-state index is 13.0. The molecule has 0 aromatic rings. The van der Waals surface area contributed by atoms with Gasteiger partial charge in [-0.1, -0.05) is 29.8 Å². The van der Waals surface area contributed by atoms with Gasteiger partial charge in [-0.3, -0.25) is 4.79 Å². The van der Waals surface area contributed by atoms with Crippen LogP contribution in [0.15, 0.2) is 0 Å². The highest BCUT2D eigenvalue weighted by Gasteiger charge is 2.60. The molecular weight excluding hydrogens is 346 g/mol. The van der Waals surface area contributed by atoms with Crippen molar-refractivity contribution in [3.05, 3.63) is 0 Å². The van der Waals surface area contributed by atoms with Crippen molar-refractivity contribution in [2.24, 2.45) is 23.2 Å². The van der Waals surface area contributed by atoms with Gasteiger partial charge in [0.1, 0.15) is 6.04 Å². The molecule has 5 heteroatoms. The molecule has 124 valence electrons. The van der Waals surface area contributed by atoms with Gasteiger partial charge in [0, 0.05) is 4.32 Å². The Morgan fingerprint density at radius 2 is 1.77 bits per heavy atom. The van der Waals surface area contributed by atoms with Gasteiger partial charge in [-0.2, -0.15) is 0 Å². The second kappa shape index (κ2) is 5.50. The Bertz CT molecular complexity index is 476. The van der Waals surface area contributed by atoms with Crippen LogP contribution in [0.5, 0.6) is 0 Å². The van der Waals surface area contributed by atoms with Crippen molar-refractivity contribution in [2.75, 3.05) is 7.11 Å². The van der Waals surface area contributed by atoms with E-state index in [0.717, 1.165) is 19.3 Å². The van der Waals surface area contributed by atoms with E-state index in [1.54, 1.807) is 0 Å². The van der Waals surface area contributed by atoms with Crippen molar-refractivity contribution in [1.29, 1.82) is 0 Å². The molecule has 4 aliphatic carbocycles. The fraction of sp³-hybridized carbons (Fsp3) is 0.882. The number of rotatable bonds is 4. The molecule has 3 atom stereocenters. The SMILES string of the molecule is COC(=O)[C@H](NC(=O)C12C[C@H]3C[C@@H](CC(Br)(C3)C1)C2)C(C)C. The minimum atomic E-state index is -0.545. The lowest BCUT2D eigenvalue weighted by Crippen LogP contribution is -2.60. The molecule has 0 spiro atoms. The number of alkyl halides is 1. The predicted molar refractivity (Wildman–Crippen MR) is 87.6 cm³/mol. The quantitative estimate of drug-likeness (QED) is 0.610. The monoisotopic (exact) mass is 371 g/mol. The summed E-state index contributed by atoms with van der Waals surface area (Å²) in [5.41, 5.74) is -0.283. The van der Waals surface area contributed by atoms with E-state index in [1.165, 1.54) is 26.4 Å². The van der Waals surface area contributed by atoms with Gasteiger partial charge in [-0.25, -0.2) is 4.79 Å². The van der Waals surface area contributed by atoms with Crippen LogP contribution in [0, 0.1) is 23.2 Å². The lowest BCUT2D eigenvalue weighted by Gasteiger charge is -2.59. The normalized spacial score (nSPS) is 40.6. The van der Waals surface area contributed by atoms with E-state index < -0.39 is 6.04 Å². The second-order valence-corrected chi connectivity index (χ2v) is 9.79. The van der Waals surface area contributed by atoms with Gasteiger partial charge >= 0.3 is 5.97 Å². The second-order valence-electron chi connectivity index (χ2n) is 8.11. The number of carbonyl (C=O) groups excluding carboxylic acids is 2. The van der Waals surface area contributed by atoms with Gasteiger partial charge < -0.3 is 10.1 Å². The Kier molecular flexibility index (Phi) is 4.07. The lowest BCUT2D eigenvalue weighted by atomic mass is 9.49. The van der Waals surface area contributed by atoms with Crippen LogP contribution in [0.25, 0.3) is 0 Å². The third-order valence-corrected chi connectivity index (χ3v) is 6.81. The highest BCUT2D eigenvalue weighted by atomic mass is 79.9. The molecule has 0 aromatic heterocycles. The van der Waals surface area contributed by atoms with E-state index >= 15 is 0 Å². The van der Waals surface area contributed by atoms with Crippen LogP contribution in [-0.4, -0.2) is 29.4 Å². The molecule has 22 heavy (non-hydrogen) atoms. The Hall–Kier alpha value is -0.580. The molecule has 4 rings (SSSR count). The van der Waals surface area contributed by atoms with Gasteiger partial charge in [0.15, 0.2) is 0 Å². The Balaban J connectivity index is 1.78. The summed E-state index contributed by atoms with van der Waals surface area (Å²) < 4.78 is 5.00. The van der Waals surface area contributed by atoms with Crippen molar-refractivity contribution in [1.82, 2.24) is 5.32 Å². The molecule has 0 unspecified atom stereocenters. The zero-order chi connectivity index (χ0) is 16.1. The van der Waals surface area contributed by atoms with Gasteiger partial charge in [0.05, 0.1) is 12.5 Å². The van der Waals surface area contributed by atoms with Crippen LogP contribution in [-0.2, 0) is 14.3 Å².